The molecule has 2 aromatic carbocycles. The number of nitrogens with zero attached hydrogens (tertiary/aromatic N) is 1. The molecule has 0 bridgehead atoms. The van der Waals surface area contributed by atoms with Crippen molar-refractivity contribution in [3.8, 4) is 17.2 Å². The van der Waals surface area contributed by atoms with Gasteiger partial charge >= 0.3 is 0 Å². The first-order chi connectivity index (χ1) is 14.5. The Bertz CT molecular complexity index is 959. The largest absolute Gasteiger partial charge is 0.494 e. The second kappa shape index (κ2) is 8.65. The van der Waals surface area contributed by atoms with Crippen LogP contribution >= 0.6 is 0 Å². The predicted molar refractivity (Wildman–Crippen MR) is 112 cm³/mol. The topological polar surface area (TPSA) is 77.1 Å². The summed E-state index contributed by atoms with van der Waals surface area (Å²) in [6, 6.07) is 11.2. The van der Waals surface area contributed by atoms with Gasteiger partial charge in [-0.25, -0.2) is 0 Å². The van der Waals surface area contributed by atoms with Gasteiger partial charge in [0.1, 0.15) is 29.9 Å². The zero-order valence-corrected chi connectivity index (χ0v) is 17.3. The maximum atomic E-state index is 12.7. The molecule has 0 aromatic heterocycles. The summed E-state index contributed by atoms with van der Waals surface area (Å²) in [5.41, 5.74) is 2.59. The van der Waals surface area contributed by atoms with Gasteiger partial charge in [0, 0.05) is 24.1 Å². The van der Waals surface area contributed by atoms with E-state index in [-0.39, 0.29) is 30.9 Å². The minimum Gasteiger partial charge on any atom is -0.494 e. The standard InChI is InChI=1S/C23H26N2O5/c1-3-28-20-11-16-10-15(2)30-21(16)12-17(20)13-24-22(26)14-25-18-6-4-5-7-19(18)29-9-8-23(25)27/h4-7,11-12,15H,3,8-10,13-14H2,1-2H3,(H,24,26)/t15-/m0/s1. The lowest BCUT2D eigenvalue weighted by molar-refractivity contribution is -0.124. The molecule has 0 saturated heterocycles. The number of nitrogens with one attached hydrogen (secondary N) is 1. The van der Waals surface area contributed by atoms with Crippen LogP contribution in [0.15, 0.2) is 36.4 Å². The molecule has 7 nitrogen and oxygen atoms in total. The number of hydrogen-bond acceptors (Lipinski definition) is 5. The summed E-state index contributed by atoms with van der Waals surface area (Å²) >= 11 is 0. The maximum absolute atomic E-state index is 12.7. The number of fused-ring (bicyclic) bond motifs is 2. The molecule has 158 valence electrons. The molecule has 0 aliphatic carbocycles. The summed E-state index contributed by atoms with van der Waals surface area (Å²) in [5, 5.41) is 2.91. The van der Waals surface area contributed by atoms with E-state index in [4.69, 9.17) is 14.2 Å². The lowest BCUT2D eigenvalue weighted by Gasteiger charge is -2.21. The summed E-state index contributed by atoms with van der Waals surface area (Å²) < 4.78 is 17.2. The molecule has 2 aliphatic rings. The molecule has 2 heterocycles. The molecule has 30 heavy (non-hydrogen) atoms. The van der Waals surface area contributed by atoms with Gasteiger partial charge in [-0.05, 0) is 38.1 Å². The van der Waals surface area contributed by atoms with Crippen molar-refractivity contribution in [3.05, 3.63) is 47.5 Å². The van der Waals surface area contributed by atoms with E-state index in [0.717, 1.165) is 29.0 Å². The van der Waals surface area contributed by atoms with E-state index in [9.17, 15) is 9.59 Å². The molecule has 0 spiro atoms. The average Bonchev–Trinajstić information content (AvgIpc) is 3.01. The fourth-order valence-corrected chi connectivity index (χ4v) is 3.80. The van der Waals surface area contributed by atoms with Crippen molar-refractivity contribution in [2.75, 3.05) is 24.7 Å². The molecule has 2 aliphatic heterocycles. The average molecular weight is 410 g/mol. The number of ether oxygens (including phenoxy) is 3. The Morgan fingerprint density at radius 2 is 2.10 bits per heavy atom. The highest BCUT2D eigenvalue weighted by Gasteiger charge is 2.26. The highest BCUT2D eigenvalue weighted by atomic mass is 16.5. The van der Waals surface area contributed by atoms with Crippen LogP contribution in [-0.4, -0.2) is 37.7 Å². The van der Waals surface area contributed by atoms with Gasteiger partial charge in [-0.15, -0.1) is 0 Å². The Balaban J connectivity index is 1.46. The van der Waals surface area contributed by atoms with E-state index in [2.05, 4.69) is 5.32 Å². The van der Waals surface area contributed by atoms with Crippen LogP contribution in [0.25, 0.3) is 0 Å². The van der Waals surface area contributed by atoms with Crippen LogP contribution in [-0.2, 0) is 22.6 Å². The SMILES string of the molecule is CCOc1cc2c(cc1CNC(=O)CN1C(=O)CCOc3ccccc31)O[C@@H](C)C2. The van der Waals surface area contributed by atoms with Gasteiger partial charge in [0.2, 0.25) is 11.8 Å². The van der Waals surface area contributed by atoms with Gasteiger partial charge in [-0.3, -0.25) is 14.5 Å². The third-order valence-electron chi connectivity index (χ3n) is 5.19. The molecule has 4 rings (SSSR count). The Hall–Kier alpha value is -3.22. The van der Waals surface area contributed by atoms with Crippen LogP contribution in [0.4, 0.5) is 5.69 Å². The minimum absolute atomic E-state index is 0.0678. The van der Waals surface area contributed by atoms with E-state index in [1.807, 2.05) is 38.1 Å². The highest BCUT2D eigenvalue weighted by Crippen LogP contribution is 2.35. The molecule has 0 fully saturated rings. The molecule has 1 atom stereocenters. The van der Waals surface area contributed by atoms with Crippen molar-refractivity contribution in [3.63, 3.8) is 0 Å². The Kier molecular flexibility index (Phi) is 5.79. The van der Waals surface area contributed by atoms with Crippen molar-refractivity contribution in [2.24, 2.45) is 0 Å². The summed E-state index contributed by atoms with van der Waals surface area (Å²) in [6.45, 7) is 5.02. The zero-order valence-electron chi connectivity index (χ0n) is 17.3. The Morgan fingerprint density at radius 3 is 2.93 bits per heavy atom. The molecule has 7 heteroatoms. The van der Waals surface area contributed by atoms with Gasteiger partial charge in [-0.1, -0.05) is 12.1 Å². The van der Waals surface area contributed by atoms with Crippen LogP contribution < -0.4 is 24.4 Å². The van der Waals surface area contributed by atoms with Crippen molar-refractivity contribution in [2.45, 2.75) is 39.3 Å². The van der Waals surface area contributed by atoms with Crippen molar-refractivity contribution in [1.82, 2.24) is 5.32 Å². The van der Waals surface area contributed by atoms with Gasteiger partial charge < -0.3 is 19.5 Å². The Morgan fingerprint density at radius 1 is 1.27 bits per heavy atom. The lowest BCUT2D eigenvalue weighted by atomic mass is 10.1. The van der Waals surface area contributed by atoms with Crippen molar-refractivity contribution in [1.29, 1.82) is 0 Å². The summed E-state index contributed by atoms with van der Waals surface area (Å²) in [7, 11) is 0. The molecule has 2 amide bonds. The number of benzene rings is 2. The zero-order chi connectivity index (χ0) is 21.1. The van der Waals surface area contributed by atoms with Crippen molar-refractivity contribution < 1.29 is 23.8 Å². The Labute approximate surface area is 175 Å². The monoisotopic (exact) mass is 410 g/mol. The summed E-state index contributed by atoms with van der Waals surface area (Å²) in [6.07, 6.45) is 1.22. The molecule has 2 aromatic rings. The van der Waals surface area contributed by atoms with Crippen LogP contribution in [0.2, 0.25) is 0 Å². The van der Waals surface area contributed by atoms with Gasteiger partial charge in [0.15, 0.2) is 0 Å². The number of para-hydroxylation sites is 2. The van der Waals surface area contributed by atoms with Gasteiger partial charge in [0.25, 0.3) is 0 Å². The van der Waals surface area contributed by atoms with Gasteiger partial charge in [0.05, 0.1) is 25.3 Å². The number of amides is 2. The van der Waals surface area contributed by atoms with E-state index in [0.29, 0.717) is 31.2 Å². The number of rotatable bonds is 6. The van der Waals surface area contributed by atoms with Gasteiger partial charge in [-0.2, -0.15) is 0 Å². The molecular formula is C23H26N2O5. The fourth-order valence-electron chi connectivity index (χ4n) is 3.80. The molecular weight excluding hydrogens is 384 g/mol. The van der Waals surface area contributed by atoms with E-state index >= 15 is 0 Å². The van der Waals surface area contributed by atoms with E-state index in [1.54, 1.807) is 12.1 Å². The molecule has 0 radical (unpaired) electrons. The number of carbonyl (C=O) groups excluding carboxylic acids is 2. The first-order valence-electron chi connectivity index (χ1n) is 10.3. The van der Waals surface area contributed by atoms with Crippen LogP contribution in [0, 0.1) is 0 Å². The smallest absolute Gasteiger partial charge is 0.240 e. The summed E-state index contributed by atoms with van der Waals surface area (Å²) in [5.74, 6) is 1.81. The van der Waals surface area contributed by atoms with E-state index in [1.165, 1.54) is 4.90 Å². The van der Waals surface area contributed by atoms with Crippen molar-refractivity contribution >= 4 is 17.5 Å². The number of hydrogen-bond donors (Lipinski definition) is 1. The fraction of sp³-hybridized carbons (Fsp3) is 0.391. The van der Waals surface area contributed by atoms with Crippen LogP contribution in [0.5, 0.6) is 17.2 Å². The molecule has 0 unspecified atom stereocenters. The maximum Gasteiger partial charge on any atom is 0.240 e. The summed E-state index contributed by atoms with van der Waals surface area (Å²) in [4.78, 5) is 26.7. The second-order valence-corrected chi connectivity index (χ2v) is 7.46. The normalized spacial score (nSPS) is 17.3. The predicted octanol–water partition coefficient (Wildman–Crippen LogP) is 2.84. The molecule has 1 N–H and O–H groups in total. The number of anilines is 1. The third kappa shape index (κ3) is 4.20. The minimum atomic E-state index is -0.253. The molecule has 0 saturated carbocycles. The first kappa shape index (κ1) is 20.1. The van der Waals surface area contributed by atoms with Crippen LogP contribution in [0.3, 0.4) is 0 Å². The van der Waals surface area contributed by atoms with Crippen LogP contribution in [0.1, 0.15) is 31.4 Å². The first-order valence-corrected chi connectivity index (χ1v) is 10.3. The third-order valence-corrected chi connectivity index (χ3v) is 5.19. The highest BCUT2D eigenvalue weighted by molar-refractivity contribution is 6.00. The van der Waals surface area contributed by atoms with E-state index < -0.39 is 0 Å². The second-order valence-electron chi connectivity index (χ2n) is 7.46. The number of carbonyl (C=O) groups is 2. The lowest BCUT2D eigenvalue weighted by Crippen LogP contribution is -2.40. The quantitative estimate of drug-likeness (QED) is 0.793.